The quantitative estimate of drug-likeness (QED) is 0.669. The first-order chi connectivity index (χ1) is 8.97. The van der Waals surface area contributed by atoms with Crippen LogP contribution in [0.3, 0.4) is 0 Å². The molecule has 0 radical (unpaired) electrons. The van der Waals surface area contributed by atoms with Gasteiger partial charge in [-0.1, -0.05) is 6.07 Å². The molecule has 0 saturated carbocycles. The van der Waals surface area contributed by atoms with Crippen LogP contribution in [-0.2, 0) is 6.54 Å². The maximum Gasteiger partial charge on any atom is 0.389 e. The third kappa shape index (κ3) is 2.73. The SMILES string of the molecule is O=C(O)c1ccc(Cn2ccc([N+](=O)[O-])n2)cc1F. The number of hydrogen-bond donors (Lipinski definition) is 1. The molecule has 1 heterocycles. The molecule has 7 nitrogen and oxygen atoms in total. The second-order valence-corrected chi connectivity index (χ2v) is 3.75. The molecule has 0 aliphatic rings. The molecule has 1 N–H and O–H groups in total. The molecule has 2 rings (SSSR count). The van der Waals surface area contributed by atoms with E-state index in [1.54, 1.807) is 0 Å². The molecule has 0 aliphatic heterocycles. The summed E-state index contributed by atoms with van der Waals surface area (Å²) in [7, 11) is 0. The smallest absolute Gasteiger partial charge is 0.389 e. The van der Waals surface area contributed by atoms with Gasteiger partial charge in [0.1, 0.15) is 5.82 Å². The van der Waals surface area contributed by atoms with Gasteiger partial charge in [0.05, 0.1) is 29.5 Å². The normalized spacial score (nSPS) is 10.4. The van der Waals surface area contributed by atoms with E-state index >= 15 is 0 Å². The fraction of sp³-hybridized carbons (Fsp3) is 0.0909. The van der Waals surface area contributed by atoms with E-state index in [-0.39, 0.29) is 12.4 Å². The summed E-state index contributed by atoms with van der Waals surface area (Å²) in [4.78, 5) is 20.4. The Kier molecular flexibility index (Phi) is 3.23. The van der Waals surface area contributed by atoms with Crippen LogP contribution >= 0.6 is 0 Å². The zero-order valence-corrected chi connectivity index (χ0v) is 9.49. The summed E-state index contributed by atoms with van der Waals surface area (Å²) in [5, 5.41) is 22.8. The molecule has 98 valence electrons. The van der Waals surface area contributed by atoms with E-state index in [0.717, 1.165) is 12.1 Å². The Morgan fingerprint density at radius 2 is 2.21 bits per heavy atom. The highest BCUT2D eigenvalue weighted by Gasteiger charge is 2.13. The Balaban J connectivity index is 2.21. The topological polar surface area (TPSA) is 98.3 Å². The van der Waals surface area contributed by atoms with Gasteiger partial charge in [0.2, 0.25) is 0 Å². The molecule has 1 aromatic heterocycles. The summed E-state index contributed by atoms with van der Waals surface area (Å²) in [6.45, 7) is 0.116. The van der Waals surface area contributed by atoms with Crippen LogP contribution in [0.4, 0.5) is 10.2 Å². The molecule has 19 heavy (non-hydrogen) atoms. The van der Waals surface area contributed by atoms with Crippen molar-refractivity contribution in [3.63, 3.8) is 0 Å². The second kappa shape index (κ2) is 4.84. The van der Waals surface area contributed by atoms with Gasteiger partial charge in [-0.25, -0.2) is 9.18 Å². The van der Waals surface area contributed by atoms with Gasteiger partial charge in [-0.2, -0.15) is 4.68 Å². The summed E-state index contributed by atoms with van der Waals surface area (Å²) in [5.74, 6) is -2.51. The van der Waals surface area contributed by atoms with E-state index in [9.17, 15) is 19.3 Å². The number of hydrogen-bond acceptors (Lipinski definition) is 4. The van der Waals surface area contributed by atoms with Gasteiger partial charge >= 0.3 is 11.8 Å². The number of benzene rings is 1. The molecule has 8 heteroatoms. The van der Waals surface area contributed by atoms with Crippen LogP contribution in [-0.4, -0.2) is 25.8 Å². The molecule has 0 spiro atoms. The second-order valence-electron chi connectivity index (χ2n) is 3.75. The van der Waals surface area contributed by atoms with E-state index in [4.69, 9.17) is 5.11 Å². The highest BCUT2D eigenvalue weighted by Crippen LogP contribution is 2.13. The number of nitrogens with zero attached hydrogens (tertiary/aromatic N) is 3. The number of carboxylic acids is 1. The predicted molar refractivity (Wildman–Crippen MR) is 61.3 cm³/mol. The van der Waals surface area contributed by atoms with E-state index in [0.29, 0.717) is 5.56 Å². The summed E-state index contributed by atoms with van der Waals surface area (Å²) in [5.41, 5.74) is 0.0377. The Morgan fingerprint density at radius 3 is 2.74 bits per heavy atom. The van der Waals surface area contributed by atoms with Crippen molar-refractivity contribution >= 4 is 11.8 Å². The van der Waals surface area contributed by atoms with E-state index in [2.05, 4.69) is 5.10 Å². The lowest BCUT2D eigenvalue weighted by Crippen LogP contribution is -2.05. The first-order valence-corrected chi connectivity index (χ1v) is 5.17. The fourth-order valence-electron chi connectivity index (χ4n) is 1.55. The van der Waals surface area contributed by atoms with Crippen molar-refractivity contribution in [1.29, 1.82) is 0 Å². The van der Waals surface area contributed by atoms with Gasteiger partial charge in [-0.3, -0.25) is 0 Å². The first-order valence-electron chi connectivity index (χ1n) is 5.17. The molecule has 0 atom stereocenters. The molecule has 0 aliphatic carbocycles. The van der Waals surface area contributed by atoms with Crippen LogP contribution in [0.25, 0.3) is 0 Å². The third-order valence-corrected chi connectivity index (χ3v) is 2.42. The highest BCUT2D eigenvalue weighted by molar-refractivity contribution is 5.87. The number of rotatable bonds is 4. The first kappa shape index (κ1) is 12.7. The van der Waals surface area contributed by atoms with Crippen molar-refractivity contribution in [3.8, 4) is 0 Å². The lowest BCUT2D eigenvalue weighted by Gasteiger charge is -2.01. The largest absolute Gasteiger partial charge is 0.478 e. The van der Waals surface area contributed by atoms with Gasteiger partial charge in [-0.05, 0) is 22.6 Å². The third-order valence-electron chi connectivity index (χ3n) is 2.42. The number of nitro groups is 1. The van der Waals surface area contributed by atoms with Crippen LogP contribution < -0.4 is 0 Å². The molecule has 0 saturated heterocycles. The van der Waals surface area contributed by atoms with Crippen LogP contribution in [0.2, 0.25) is 0 Å². The molecular formula is C11H8FN3O4. The minimum Gasteiger partial charge on any atom is -0.478 e. The maximum atomic E-state index is 13.4. The van der Waals surface area contributed by atoms with E-state index in [1.165, 1.54) is 23.0 Å². The fourth-order valence-corrected chi connectivity index (χ4v) is 1.55. The summed E-state index contributed by atoms with van der Waals surface area (Å²) >= 11 is 0. The van der Waals surface area contributed by atoms with Crippen LogP contribution in [0.15, 0.2) is 30.5 Å². The molecule has 0 fully saturated rings. The number of aromatic carboxylic acids is 1. The average Bonchev–Trinajstić information content (AvgIpc) is 2.77. The van der Waals surface area contributed by atoms with E-state index in [1.807, 2.05) is 0 Å². The van der Waals surface area contributed by atoms with Crippen molar-refractivity contribution < 1.29 is 19.2 Å². The van der Waals surface area contributed by atoms with Gasteiger partial charge in [0.15, 0.2) is 0 Å². The number of carboxylic acid groups (broad SMARTS) is 1. The van der Waals surface area contributed by atoms with Crippen molar-refractivity contribution in [1.82, 2.24) is 9.78 Å². The predicted octanol–water partition coefficient (Wildman–Crippen LogP) is 1.68. The van der Waals surface area contributed by atoms with Crippen LogP contribution in [0, 0.1) is 15.9 Å². The molecule has 2 aromatic rings. The van der Waals surface area contributed by atoms with Crippen molar-refractivity contribution in [2.45, 2.75) is 6.54 Å². The lowest BCUT2D eigenvalue weighted by molar-refractivity contribution is -0.389. The highest BCUT2D eigenvalue weighted by atomic mass is 19.1. The Labute approximate surface area is 106 Å². The van der Waals surface area contributed by atoms with Crippen molar-refractivity contribution in [2.75, 3.05) is 0 Å². The Bertz CT molecular complexity index is 653. The van der Waals surface area contributed by atoms with Crippen LogP contribution in [0.1, 0.15) is 15.9 Å². The molecule has 0 bridgehead atoms. The minimum absolute atomic E-state index is 0.116. The maximum absolute atomic E-state index is 13.4. The molecular weight excluding hydrogens is 257 g/mol. The Hall–Kier alpha value is -2.77. The number of halogens is 1. The number of carbonyl (C=O) groups is 1. The zero-order valence-electron chi connectivity index (χ0n) is 9.49. The summed E-state index contributed by atoms with van der Waals surface area (Å²) < 4.78 is 14.7. The van der Waals surface area contributed by atoms with Gasteiger partial charge < -0.3 is 15.2 Å². The van der Waals surface area contributed by atoms with Crippen molar-refractivity contribution in [3.05, 3.63) is 57.5 Å². The van der Waals surface area contributed by atoms with Crippen molar-refractivity contribution in [2.24, 2.45) is 0 Å². The summed E-state index contributed by atoms with van der Waals surface area (Å²) in [6.07, 6.45) is 1.39. The lowest BCUT2D eigenvalue weighted by atomic mass is 10.1. The molecule has 0 amide bonds. The monoisotopic (exact) mass is 265 g/mol. The summed E-state index contributed by atoms with van der Waals surface area (Å²) in [6, 6.07) is 4.86. The average molecular weight is 265 g/mol. The van der Waals surface area contributed by atoms with Crippen LogP contribution in [0.5, 0.6) is 0 Å². The Morgan fingerprint density at radius 1 is 1.47 bits per heavy atom. The zero-order chi connectivity index (χ0) is 14.0. The standard InChI is InChI=1S/C11H8FN3O4/c12-9-5-7(1-2-8(9)11(16)17)6-14-4-3-10(13-14)15(18)19/h1-5H,6H2,(H,16,17). The number of aromatic nitrogens is 2. The van der Waals surface area contributed by atoms with Gasteiger partial charge in [-0.15, -0.1) is 0 Å². The molecule has 1 aromatic carbocycles. The van der Waals surface area contributed by atoms with Gasteiger partial charge in [0, 0.05) is 0 Å². The van der Waals surface area contributed by atoms with Gasteiger partial charge in [0.25, 0.3) is 0 Å². The van der Waals surface area contributed by atoms with E-state index < -0.39 is 22.3 Å². The minimum atomic E-state index is -1.35. The molecule has 0 unspecified atom stereocenters.